The molecule has 0 aromatic carbocycles. The Kier molecular flexibility index (Phi) is 10.6. The van der Waals surface area contributed by atoms with Gasteiger partial charge in [-0.2, -0.15) is 10.2 Å². The van der Waals surface area contributed by atoms with E-state index in [0.29, 0.717) is 25.8 Å². The average molecular weight is 506 g/mol. The molecular weight excluding hydrogens is 462 g/mol. The van der Waals surface area contributed by atoms with Gasteiger partial charge in [-0.15, -0.1) is 0 Å². The van der Waals surface area contributed by atoms with Gasteiger partial charge in [0.1, 0.15) is 0 Å². The van der Waals surface area contributed by atoms with Gasteiger partial charge in [0.15, 0.2) is 5.78 Å². The lowest BCUT2D eigenvalue weighted by Gasteiger charge is -2.31. The number of urea groups is 1. The standard InChI is InChI=1S/C25H43N7O4/c1-4-32(5-2)14-6-13-26-23(34)17-7-9-18(10-8-17)30-31-22(16(3)33)24(35)27-19-11-12-20-21(15-19)29-25(36)28-20/h17-22H,4-15H2,1-3H3,(H,26,34)(H,27,35)(H2,28,29,36). The lowest BCUT2D eigenvalue weighted by atomic mass is 9.86. The molecule has 2 saturated carbocycles. The van der Waals surface area contributed by atoms with Crippen LogP contribution in [0.2, 0.25) is 0 Å². The normalized spacial score (nSPS) is 28.8. The molecule has 4 unspecified atom stereocenters. The van der Waals surface area contributed by atoms with Crippen molar-refractivity contribution in [1.82, 2.24) is 26.2 Å². The number of Topliss-reactive ketones (excluding diaryl/α,β-unsaturated/α-hetero) is 1. The van der Waals surface area contributed by atoms with E-state index in [2.05, 4.69) is 50.2 Å². The second-order valence-electron chi connectivity index (χ2n) is 10.3. The van der Waals surface area contributed by atoms with E-state index < -0.39 is 11.9 Å². The third-order valence-electron chi connectivity index (χ3n) is 7.72. The Morgan fingerprint density at radius 2 is 1.72 bits per heavy atom. The van der Waals surface area contributed by atoms with Crippen LogP contribution in [-0.4, -0.2) is 84.9 Å². The van der Waals surface area contributed by atoms with Crippen LogP contribution in [0.15, 0.2) is 10.2 Å². The molecule has 3 fully saturated rings. The Morgan fingerprint density at radius 1 is 1.03 bits per heavy atom. The highest BCUT2D eigenvalue weighted by Gasteiger charge is 2.38. The molecule has 0 aromatic heterocycles. The number of hydrogen-bond acceptors (Lipinski definition) is 7. The van der Waals surface area contributed by atoms with Crippen LogP contribution in [-0.2, 0) is 14.4 Å². The molecule has 36 heavy (non-hydrogen) atoms. The second kappa shape index (κ2) is 13.7. The van der Waals surface area contributed by atoms with E-state index in [1.165, 1.54) is 6.92 Å². The van der Waals surface area contributed by atoms with Crippen LogP contribution in [0.4, 0.5) is 4.79 Å². The van der Waals surface area contributed by atoms with Crippen molar-refractivity contribution in [3.05, 3.63) is 0 Å². The number of amides is 4. The number of nitrogens with zero attached hydrogens (tertiary/aromatic N) is 3. The Hall–Kier alpha value is -2.56. The van der Waals surface area contributed by atoms with Gasteiger partial charge in [0.25, 0.3) is 5.91 Å². The monoisotopic (exact) mass is 505 g/mol. The van der Waals surface area contributed by atoms with Gasteiger partial charge < -0.3 is 26.2 Å². The summed E-state index contributed by atoms with van der Waals surface area (Å²) in [6, 6.07) is -1.44. The molecule has 11 heteroatoms. The number of hydrogen-bond donors (Lipinski definition) is 4. The van der Waals surface area contributed by atoms with Crippen LogP contribution < -0.4 is 21.3 Å². The Bertz CT molecular complexity index is 808. The fraction of sp³-hybridized carbons (Fsp3) is 0.840. The highest BCUT2D eigenvalue weighted by Crippen LogP contribution is 2.27. The first-order chi connectivity index (χ1) is 17.3. The summed E-state index contributed by atoms with van der Waals surface area (Å²) in [4.78, 5) is 51.3. The predicted molar refractivity (Wildman–Crippen MR) is 136 cm³/mol. The first-order valence-electron chi connectivity index (χ1n) is 13.6. The zero-order valence-corrected chi connectivity index (χ0v) is 21.9. The summed E-state index contributed by atoms with van der Waals surface area (Å²) in [7, 11) is 0. The number of azo groups is 1. The van der Waals surface area contributed by atoms with Gasteiger partial charge in [0, 0.05) is 18.5 Å². The van der Waals surface area contributed by atoms with Crippen LogP contribution in [0.5, 0.6) is 0 Å². The van der Waals surface area contributed by atoms with Crippen molar-refractivity contribution in [2.45, 2.75) is 102 Å². The van der Waals surface area contributed by atoms with Crippen molar-refractivity contribution in [3.8, 4) is 0 Å². The predicted octanol–water partition coefficient (Wildman–Crippen LogP) is 1.52. The van der Waals surface area contributed by atoms with Crippen molar-refractivity contribution < 1.29 is 19.2 Å². The van der Waals surface area contributed by atoms with E-state index in [4.69, 9.17) is 0 Å². The quantitative estimate of drug-likeness (QED) is 0.181. The van der Waals surface area contributed by atoms with Gasteiger partial charge in [-0.1, -0.05) is 13.8 Å². The molecule has 0 radical (unpaired) electrons. The van der Waals surface area contributed by atoms with Gasteiger partial charge in [-0.25, -0.2) is 4.79 Å². The molecule has 3 rings (SSSR count). The summed E-state index contributed by atoms with van der Waals surface area (Å²) in [5.41, 5.74) is 0. The molecule has 4 atom stereocenters. The van der Waals surface area contributed by atoms with E-state index in [-0.39, 0.29) is 47.8 Å². The molecule has 1 aliphatic heterocycles. The van der Waals surface area contributed by atoms with Gasteiger partial charge in [0.2, 0.25) is 11.9 Å². The van der Waals surface area contributed by atoms with Gasteiger partial charge in [-0.05, 0) is 77.9 Å². The van der Waals surface area contributed by atoms with Crippen LogP contribution in [0, 0.1) is 5.92 Å². The third-order valence-corrected chi connectivity index (χ3v) is 7.72. The minimum atomic E-state index is -1.16. The van der Waals surface area contributed by atoms with Crippen molar-refractivity contribution in [3.63, 3.8) is 0 Å². The third kappa shape index (κ3) is 7.97. The fourth-order valence-electron chi connectivity index (χ4n) is 5.42. The summed E-state index contributed by atoms with van der Waals surface area (Å²) in [5, 5.41) is 20.2. The number of carbonyl (C=O) groups is 4. The summed E-state index contributed by atoms with van der Waals surface area (Å²) < 4.78 is 0. The van der Waals surface area contributed by atoms with Gasteiger partial charge in [-0.3, -0.25) is 14.4 Å². The number of ketones is 1. The topological polar surface area (TPSA) is 144 Å². The number of rotatable bonds is 12. The van der Waals surface area contributed by atoms with Crippen LogP contribution in [0.1, 0.15) is 72.1 Å². The highest BCUT2D eigenvalue weighted by molar-refractivity contribution is 6.04. The molecule has 0 spiro atoms. The fourth-order valence-corrected chi connectivity index (χ4v) is 5.42. The first kappa shape index (κ1) is 28.0. The maximum atomic E-state index is 12.8. The lowest BCUT2D eigenvalue weighted by molar-refractivity contribution is -0.130. The van der Waals surface area contributed by atoms with Gasteiger partial charge in [0.05, 0.1) is 18.1 Å². The zero-order chi connectivity index (χ0) is 26.1. The van der Waals surface area contributed by atoms with Crippen LogP contribution in [0.3, 0.4) is 0 Å². The SMILES string of the molecule is CCN(CC)CCCNC(=O)C1CCC(N=NC(C(C)=O)C(=O)NC2CCC3NC(=O)NC3C2)CC1. The Balaban J connectivity index is 1.39. The molecule has 4 amide bonds. The molecule has 4 N–H and O–H groups in total. The van der Waals surface area contributed by atoms with Crippen LogP contribution >= 0.6 is 0 Å². The zero-order valence-electron chi connectivity index (χ0n) is 21.9. The largest absolute Gasteiger partial charge is 0.356 e. The number of fused-ring (bicyclic) bond motifs is 1. The highest BCUT2D eigenvalue weighted by atomic mass is 16.2. The summed E-state index contributed by atoms with van der Waals surface area (Å²) >= 11 is 0. The van der Waals surface area contributed by atoms with E-state index in [0.717, 1.165) is 51.7 Å². The number of nitrogens with one attached hydrogen (secondary N) is 4. The maximum Gasteiger partial charge on any atom is 0.315 e. The molecule has 202 valence electrons. The molecular formula is C25H43N7O4. The second-order valence-corrected chi connectivity index (χ2v) is 10.3. The van der Waals surface area contributed by atoms with E-state index in [9.17, 15) is 19.2 Å². The minimum absolute atomic E-state index is 0.0104. The Morgan fingerprint density at radius 3 is 2.39 bits per heavy atom. The lowest BCUT2D eigenvalue weighted by Crippen LogP contribution is -2.50. The summed E-state index contributed by atoms with van der Waals surface area (Å²) in [6.07, 6.45) is 5.96. The molecule has 1 heterocycles. The van der Waals surface area contributed by atoms with Crippen molar-refractivity contribution in [2.24, 2.45) is 16.1 Å². The number of carbonyl (C=O) groups excluding carboxylic acids is 4. The smallest absolute Gasteiger partial charge is 0.315 e. The van der Waals surface area contributed by atoms with E-state index >= 15 is 0 Å². The molecule has 11 nitrogen and oxygen atoms in total. The van der Waals surface area contributed by atoms with Crippen LogP contribution in [0.25, 0.3) is 0 Å². The minimum Gasteiger partial charge on any atom is -0.356 e. The van der Waals surface area contributed by atoms with Crippen molar-refractivity contribution in [2.75, 3.05) is 26.2 Å². The van der Waals surface area contributed by atoms with E-state index in [1.54, 1.807) is 0 Å². The van der Waals surface area contributed by atoms with Gasteiger partial charge >= 0.3 is 6.03 Å². The van der Waals surface area contributed by atoms with Crippen molar-refractivity contribution >= 4 is 23.6 Å². The maximum absolute atomic E-state index is 12.8. The molecule has 2 aliphatic carbocycles. The van der Waals surface area contributed by atoms with E-state index in [1.807, 2.05) is 0 Å². The summed E-state index contributed by atoms with van der Waals surface area (Å²) in [6.45, 7) is 9.36. The molecule has 1 saturated heterocycles. The summed E-state index contributed by atoms with van der Waals surface area (Å²) in [5.74, 6) is -0.699. The van der Waals surface area contributed by atoms with Crippen molar-refractivity contribution in [1.29, 1.82) is 0 Å². The molecule has 0 aromatic rings. The average Bonchev–Trinajstić information content (AvgIpc) is 3.23. The molecule has 0 bridgehead atoms. The molecule has 3 aliphatic rings. The first-order valence-corrected chi connectivity index (χ1v) is 13.6. The Labute approximate surface area is 214 Å².